The standard InChI is InChI=1S/C20H21ClN4O2/c21-15-5-3-13(4-6-15)19-17(25-11-16(22)7-8-18(25)23-19)12-24-9-1-2-14(10-24)20(26)27/h3-8,11,14H,1-2,9-10,12,22H2,(H,26,27). The van der Waals surface area contributed by atoms with Gasteiger partial charge >= 0.3 is 5.97 Å². The van der Waals surface area contributed by atoms with Gasteiger partial charge in [0, 0.05) is 35.6 Å². The first kappa shape index (κ1) is 17.8. The molecule has 1 saturated heterocycles. The Balaban J connectivity index is 1.75. The summed E-state index contributed by atoms with van der Waals surface area (Å²) in [5, 5.41) is 10.1. The smallest absolute Gasteiger partial charge is 0.307 e. The monoisotopic (exact) mass is 384 g/mol. The van der Waals surface area contributed by atoms with Crippen LogP contribution in [0.5, 0.6) is 0 Å². The summed E-state index contributed by atoms with van der Waals surface area (Å²) in [5.74, 6) is -1.04. The molecule has 1 fully saturated rings. The minimum absolute atomic E-state index is 0.318. The molecule has 0 saturated carbocycles. The first-order valence-corrected chi connectivity index (χ1v) is 9.36. The van der Waals surface area contributed by atoms with Crippen LogP contribution in [0.3, 0.4) is 0 Å². The molecule has 0 spiro atoms. The molecule has 2 aromatic heterocycles. The third kappa shape index (κ3) is 3.63. The number of nitrogens with two attached hydrogens (primary N) is 1. The quantitative estimate of drug-likeness (QED) is 0.718. The number of imidazole rings is 1. The summed E-state index contributed by atoms with van der Waals surface area (Å²) in [6.45, 7) is 2.04. The molecule has 27 heavy (non-hydrogen) atoms. The lowest BCUT2D eigenvalue weighted by Gasteiger charge is -2.30. The van der Waals surface area contributed by atoms with Crippen LogP contribution >= 0.6 is 11.6 Å². The molecular formula is C20H21ClN4O2. The van der Waals surface area contributed by atoms with Crippen LogP contribution in [0.2, 0.25) is 5.02 Å². The number of aliphatic carboxylic acids is 1. The van der Waals surface area contributed by atoms with Gasteiger partial charge in [0.2, 0.25) is 0 Å². The summed E-state index contributed by atoms with van der Waals surface area (Å²) < 4.78 is 2.00. The molecule has 6 nitrogen and oxygen atoms in total. The predicted octanol–water partition coefficient (Wildman–Crippen LogP) is 3.53. The highest BCUT2D eigenvalue weighted by atomic mass is 35.5. The zero-order chi connectivity index (χ0) is 19.0. The zero-order valence-electron chi connectivity index (χ0n) is 14.8. The summed E-state index contributed by atoms with van der Waals surface area (Å²) in [7, 11) is 0. The SMILES string of the molecule is Nc1ccc2nc(-c3ccc(Cl)cc3)c(CN3CCCC(C(=O)O)C3)n2c1. The van der Waals surface area contributed by atoms with E-state index in [4.69, 9.17) is 22.3 Å². The van der Waals surface area contributed by atoms with Gasteiger partial charge in [0.1, 0.15) is 5.65 Å². The highest BCUT2D eigenvalue weighted by molar-refractivity contribution is 6.30. The third-order valence-corrected chi connectivity index (χ3v) is 5.34. The molecule has 3 aromatic rings. The highest BCUT2D eigenvalue weighted by Crippen LogP contribution is 2.29. The fraction of sp³-hybridized carbons (Fsp3) is 0.300. The van der Waals surface area contributed by atoms with Gasteiger partial charge in [0.15, 0.2) is 0 Å². The van der Waals surface area contributed by atoms with E-state index in [9.17, 15) is 9.90 Å². The topological polar surface area (TPSA) is 83.9 Å². The number of pyridine rings is 1. The van der Waals surface area contributed by atoms with Gasteiger partial charge in [-0.25, -0.2) is 4.98 Å². The normalized spacial score (nSPS) is 18.0. The van der Waals surface area contributed by atoms with Crippen LogP contribution in [0.1, 0.15) is 18.5 Å². The van der Waals surface area contributed by atoms with Crippen LogP contribution in [0.25, 0.3) is 16.9 Å². The van der Waals surface area contributed by atoms with Crippen molar-refractivity contribution in [3.63, 3.8) is 0 Å². The maximum atomic E-state index is 11.4. The molecule has 3 heterocycles. The van der Waals surface area contributed by atoms with Gasteiger partial charge in [0.05, 0.1) is 17.3 Å². The van der Waals surface area contributed by atoms with Crippen LogP contribution in [0.4, 0.5) is 5.69 Å². The van der Waals surface area contributed by atoms with Gasteiger partial charge < -0.3 is 15.2 Å². The number of halogens is 1. The van der Waals surface area contributed by atoms with Crippen molar-refractivity contribution in [3.05, 3.63) is 53.3 Å². The summed E-state index contributed by atoms with van der Waals surface area (Å²) in [6, 6.07) is 11.3. The molecule has 0 bridgehead atoms. The number of anilines is 1. The van der Waals surface area contributed by atoms with Crippen molar-refractivity contribution in [2.45, 2.75) is 19.4 Å². The first-order chi connectivity index (χ1) is 13.0. The van der Waals surface area contributed by atoms with Crippen molar-refractivity contribution < 1.29 is 9.90 Å². The van der Waals surface area contributed by atoms with Crippen molar-refractivity contribution in [3.8, 4) is 11.3 Å². The molecule has 1 unspecified atom stereocenters. The molecule has 0 radical (unpaired) electrons. The van der Waals surface area contributed by atoms with Crippen LogP contribution < -0.4 is 5.73 Å². The predicted molar refractivity (Wildman–Crippen MR) is 106 cm³/mol. The first-order valence-electron chi connectivity index (χ1n) is 8.99. The number of nitrogen functional groups attached to an aromatic ring is 1. The molecule has 1 aromatic carbocycles. The Kier molecular flexibility index (Phi) is 4.76. The van der Waals surface area contributed by atoms with Crippen molar-refractivity contribution in [1.82, 2.24) is 14.3 Å². The molecule has 0 amide bonds. The van der Waals surface area contributed by atoms with Gasteiger partial charge in [-0.05, 0) is 43.7 Å². The second-order valence-electron chi connectivity index (χ2n) is 7.02. The van der Waals surface area contributed by atoms with E-state index >= 15 is 0 Å². The maximum absolute atomic E-state index is 11.4. The summed E-state index contributed by atoms with van der Waals surface area (Å²) in [4.78, 5) is 18.4. The van der Waals surface area contributed by atoms with Gasteiger partial charge in [-0.2, -0.15) is 0 Å². The Bertz CT molecular complexity index is 984. The van der Waals surface area contributed by atoms with E-state index in [1.165, 1.54) is 0 Å². The number of likely N-dealkylation sites (tertiary alicyclic amines) is 1. The minimum atomic E-state index is -0.722. The van der Waals surface area contributed by atoms with E-state index < -0.39 is 5.97 Å². The van der Waals surface area contributed by atoms with Crippen LogP contribution in [0, 0.1) is 5.92 Å². The Morgan fingerprint density at radius 3 is 2.78 bits per heavy atom. The lowest BCUT2D eigenvalue weighted by atomic mass is 9.98. The van der Waals surface area contributed by atoms with E-state index in [0.717, 1.165) is 42.0 Å². The molecule has 1 aliphatic heterocycles. The van der Waals surface area contributed by atoms with Crippen LogP contribution in [0.15, 0.2) is 42.6 Å². The average molecular weight is 385 g/mol. The molecule has 1 atom stereocenters. The number of benzene rings is 1. The lowest BCUT2D eigenvalue weighted by Crippen LogP contribution is -2.38. The van der Waals surface area contributed by atoms with Gasteiger partial charge in [0.25, 0.3) is 0 Å². The zero-order valence-corrected chi connectivity index (χ0v) is 15.6. The van der Waals surface area contributed by atoms with E-state index in [1.807, 2.05) is 47.0 Å². The van der Waals surface area contributed by atoms with Crippen molar-refractivity contribution >= 4 is 28.9 Å². The maximum Gasteiger partial charge on any atom is 0.307 e. The van der Waals surface area contributed by atoms with E-state index in [-0.39, 0.29) is 5.92 Å². The minimum Gasteiger partial charge on any atom is -0.481 e. The fourth-order valence-electron chi connectivity index (χ4n) is 3.71. The summed E-state index contributed by atoms with van der Waals surface area (Å²) in [6.07, 6.45) is 3.48. The Labute approximate surface area is 162 Å². The number of carbonyl (C=O) groups is 1. The number of aromatic nitrogens is 2. The molecular weight excluding hydrogens is 364 g/mol. The van der Waals surface area contributed by atoms with Crippen molar-refractivity contribution in [2.75, 3.05) is 18.8 Å². The second-order valence-corrected chi connectivity index (χ2v) is 7.45. The molecule has 1 aliphatic rings. The lowest BCUT2D eigenvalue weighted by molar-refractivity contribution is -0.143. The average Bonchev–Trinajstić information content (AvgIpc) is 3.00. The summed E-state index contributed by atoms with van der Waals surface area (Å²) >= 11 is 6.03. The van der Waals surface area contributed by atoms with Crippen LogP contribution in [-0.2, 0) is 11.3 Å². The van der Waals surface area contributed by atoms with E-state index in [0.29, 0.717) is 23.8 Å². The molecule has 0 aliphatic carbocycles. The number of rotatable bonds is 4. The molecule has 140 valence electrons. The van der Waals surface area contributed by atoms with Gasteiger partial charge in [-0.1, -0.05) is 23.7 Å². The molecule has 7 heteroatoms. The fourth-order valence-corrected chi connectivity index (χ4v) is 3.84. The number of hydrogen-bond acceptors (Lipinski definition) is 4. The number of piperidine rings is 1. The van der Waals surface area contributed by atoms with E-state index in [2.05, 4.69) is 4.90 Å². The number of carboxylic acids is 1. The molecule has 3 N–H and O–H groups in total. The number of fused-ring (bicyclic) bond motifs is 1. The van der Waals surface area contributed by atoms with Crippen LogP contribution in [-0.4, -0.2) is 38.4 Å². The molecule has 4 rings (SSSR count). The van der Waals surface area contributed by atoms with Gasteiger partial charge in [-0.3, -0.25) is 9.69 Å². The number of nitrogens with zero attached hydrogens (tertiary/aromatic N) is 3. The Morgan fingerprint density at radius 2 is 2.04 bits per heavy atom. The van der Waals surface area contributed by atoms with Crippen molar-refractivity contribution in [1.29, 1.82) is 0 Å². The summed E-state index contributed by atoms with van der Waals surface area (Å²) in [5.41, 5.74) is 10.3. The Morgan fingerprint density at radius 1 is 1.26 bits per heavy atom. The second kappa shape index (κ2) is 7.21. The highest BCUT2D eigenvalue weighted by Gasteiger charge is 2.27. The Hall–Kier alpha value is -2.57. The van der Waals surface area contributed by atoms with Gasteiger partial charge in [-0.15, -0.1) is 0 Å². The third-order valence-electron chi connectivity index (χ3n) is 5.09. The number of hydrogen-bond donors (Lipinski definition) is 2. The largest absolute Gasteiger partial charge is 0.481 e. The van der Waals surface area contributed by atoms with Crippen molar-refractivity contribution in [2.24, 2.45) is 5.92 Å². The number of carboxylic acid groups (broad SMARTS) is 1. The van der Waals surface area contributed by atoms with E-state index in [1.54, 1.807) is 0 Å².